The van der Waals surface area contributed by atoms with E-state index in [4.69, 9.17) is 9.84 Å². The largest absolute Gasteiger partial charge is 0.481 e. The molecular weight excluding hydrogens is 310 g/mol. The zero-order valence-electron chi connectivity index (χ0n) is 10.7. The maximum atomic E-state index is 10.5. The highest BCUT2D eigenvalue weighted by Gasteiger charge is 2.21. The average molecular weight is 328 g/mol. The van der Waals surface area contributed by atoms with Gasteiger partial charge in [0.2, 0.25) is 0 Å². The molecule has 4 nitrogen and oxygen atoms in total. The molecule has 2 rings (SSSR count). The van der Waals surface area contributed by atoms with Crippen molar-refractivity contribution in [1.82, 2.24) is 4.90 Å². The van der Waals surface area contributed by atoms with E-state index in [9.17, 15) is 4.79 Å². The quantitative estimate of drug-likeness (QED) is 0.903. The van der Waals surface area contributed by atoms with Crippen molar-refractivity contribution in [3.05, 3.63) is 34.3 Å². The van der Waals surface area contributed by atoms with Gasteiger partial charge >= 0.3 is 5.97 Å². The molecule has 1 fully saturated rings. The molecule has 1 saturated heterocycles. The van der Waals surface area contributed by atoms with Crippen molar-refractivity contribution in [2.24, 2.45) is 0 Å². The summed E-state index contributed by atoms with van der Waals surface area (Å²) in [7, 11) is 0. The van der Waals surface area contributed by atoms with Gasteiger partial charge in [0.25, 0.3) is 0 Å². The molecule has 1 atom stereocenters. The van der Waals surface area contributed by atoms with E-state index in [0.717, 1.165) is 29.7 Å². The molecule has 0 bridgehead atoms. The van der Waals surface area contributed by atoms with Crippen LogP contribution in [-0.2, 0) is 9.53 Å². The number of nitrogens with zero attached hydrogens (tertiary/aromatic N) is 1. The number of halogens is 1. The average Bonchev–Trinajstić information content (AvgIpc) is 2.39. The minimum Gasteiger partial charge on any atom is -0.481 e. The SMILES string of the molecule is O=C(O)CCCN1CCO[C@@H](c2cccc(Br)c2)C1. The minimum atomic E-state index is -0.725. The summed E-state index contributed by atoms with van der Waals surface area (Å²) >= 11 is 3.47. The van der Waals surface area contributed by atoms with Crippen LogP contribution in [0.4, 0.5) is 0 Å². The van der Waals surface area contributed by atoms with Crippen LogP contribution in [0.2, 0.25) is 0 Å². The third-order valence-corrected chi connectivity index (χ3v) is 3.73. The molecule has 0 unspecified atom stereocenters. The summed E-state index contributed by atoms with van der Waals surface area (Å²) in [5.74, 6) is -0.725. The van der Waals surface area contributed by atoms with Gasteiger partial charge in [0, 0.05) is 24.0 Å². The van der Waals surface area contributed by atoms with Crippen molar-refractivity contribution in [2.45, 2.75) is 18.9 Å². The van der Waals surface area contributed by atoms with E-state index in [1.807, 2.05) is 12.1 Å². The van der Waals surface area contributed by atoms with Gasteiger partial charge in [0.05, 0.1) is 12.7 Å². The first-order valence-electron chi connectivity index (χ1n) is 6.46. The number of carboxylic acids is 1. The number of rotatable bonds is 5. The standard InChI is InChI=1S/C14H18BrNO3/c15-12-4-1-3-11(9-12)13-10-16(7-8-19-13)6-2-5-14(17)18/h1,3-4,9,13H,2,5-8,10H2,(H,17,18)/t13-/m1/s1. The molecule has 0 amide bonds. The topological polar surface area (TPSA) is 49.8 Å². The van der Waals surface area contributed by atoms with Crippen molar-refractivity contribution >= 4 is 21.9 Å². The first-order valence-corrected chi connectivity index (χ1v) is 7.25. The van der Waals surface area contributed by atoms with Crippen molar-refractivity contribution < 1.29 is 14.6 Å². The lowest BCUT2D eigenvalue weighted by atomic mass is 10.1. The Morgan fingerprint density at radius 1 is 1.53 bits per heavy atom. The fourth-order valence-electron chi connectivity index (χ4n) is 2.27. The van der Waals surface area contributed by atoms with Gasteiger partial charge in [0.15, 0.2) is 0 Å². The molecule has 0 spiro atoms. The van der Waals surface area contributed by atoms with E-state index in [-0.39, 0.29) is 12.5 Å². The number of ether oxygens (including phenoxy) is 1. The summed E-state index contributed by atoms with van der Waals surface area (Å²) in [6.45, 7) is 3.23. The highest BCUT2D eigenvalue weighted by molar-refractivity contribution is 9.10. The molecule has 1 heterocycles. The highest BCUT2D eigenvalue weighted by Crippen LogP contribution is 2.24. The Morgan fingerprint density at radius 3 is 3.11 bits per heavy atom. The van der Waals surface area contributed by atoms with E-state index < -0.39 is 5.97 Å². The maximum Gasteiger partial charge on any atom is 0.303 e. The number of carboxylic acid groups (broad SMARTS) is 1. The van der Waals surface area contributed by atoms with Crippen LogP contribution in [0.5, 0.6) is 0 Å². The van der Waals surface area contributed by atoms with Crippen LogP contribution in [0.1, 0.15) is 24.5 Å². The third-order valence-electron chi connectivity index (χ3n) is 3.24. The molecule has 1 aliphatic heterocycles. The van der Waals surface area contributed by atoms with Crippen LogP contribution >= 0.6 is 15.9 Å². The second-order valence-electron chi connectivity index (χ2n) is 4.71. The van der Waals surface area contributed by atoms with Crippen LogP contribution in [0, 0.1) is 0 Å². The first-order chi connectivity index (χ1) is 9.15. The smallest absolute Gasteiger partial charge is 0.303 e. The van der Waals surface area contributed by atoms with Gasteiger partial charge in [-0.25, -0.2) is 0 Å². The molecule has 19 heavy (non-hydrogen) atoms. The Kier molecular flexibility index (Phi) is 5.36. The predicted molar refractivity (Wildman–Crippen MR) is 76.1 cm³/mol. The number of hydrogen-bond acceptors (Lipinski definition) is 3. The normalized spacial score (nSPS) is 20.4. The second kappa shape index (κ2) is 7.03. The van der Waals surface area contributed by atoms with E-state index in [1.165, 1.54) is 0 Å². The van der Waals surface area contributed by atoms with Crippen LogP contribution in [0.15, 0.2) is 28.7 Å². The van der Waals surface area contributed by atoms with E-state index in [1.54, 1.807) is 0 Å². The molecule has 1 N–H and O–H groups in total. The monoisotopic (exact) mass is 327 g/mol. The molecule has 0 radical (unpaired) electrons. The Labute approximate surface area is 121 Å². The fourth-order valence-corrected chi connectivity index (χ4v) is 2.68. The first kappa shape index (κ1) is 14.5. The van der Waals surface area contributed by atoms with Gasteiger partial charge in [-0.1, -0.05) is 28.1 Å². The zero-order valence-corrected chi connectivity index (χ0v) is 12.3. The van der Waals surface area contributed by atoms with Gasteiger partial charge in [-0.2, -0.15) is 0 Å². The lowest BCUT2D eigenvalue weighted by Crippen LogP contribution is -2.39. The van der Waals surface area contributed by atoms with E-state index in [2.05, 4.69) is 33.0 Å². The molecule has 1 aromatic carbocycles. The second-order valence-corrected chi connectivity index (χ2v) is 5.63. The summed E-state index contributed by atoms with van der Waals surface area (Å²) in [6.07, 6.45) is 1.01. The van der Waals surface area contributed by atoms with Gasteiger partial charge in [-0.3, -0.25) is 9.69 Å². The molecular formula is C14H18BrNO3. The van der Waals surface area contributed by atoms with Crippen LogP contribution < -0.4 is 0 Å². The molecule has 0 aromatic heterocycles. The summed E-state index contributed by atoms with van der Waals surface area (Å²) in [6, 6.07) is 8.14. The summed E-state index contributed by atoms with van der Waals surface area (Å²) in [5, 5.41) is 8.66. The van der Waals surface area contributed by atoms with E-state index in [0.29, 0.717) is 13.0 Å². The molecule has 104 valence electrons. The summed E-state index contributed by atoms with van der Waals surface area (Å²) in [5.41, 5.74) is 1.16. The zero-order chi connectivity index (χ0) is 13.7. The third kappa shape index (κ3) is 4.60. The molecule has 1 aliphatic rings. The molecule has 5 heteroatoms. The number of hydrogen-bond donors (Lipinski definition) is 1. The predicted octanol–water partition coefficient (Wildman–Crippen LogP) is 2.69. The number of benzene rings is 1. The van der Waals surface area contributed by atoms with Crippen LogP contribution in [0.3, 0.4) is 0 Å². The van der Waals surface area contributed by atoms with Crippen LogP contribution in [0.25, 0.3) is 0 Å². The van der Waals surface area contributed by atoms with Crippen molar-refractivity contribution in [2.75, 3.05) is 26.2 Å². The Hall–Kier alpha value is -0.910. The van der Waals surface area contributed by atoms with Gasteiger partial charge in [0.1, 0.15) is 0 Å². The molecule has 1 aromatic rings. The van der Waals surface area contributed by atoms with Gasteiger partial charge in [-0.05, 0) is 30.7 Å². The number of carbonyl (C=O) groups is 1. The van der Waals surface area contributed by atoms with Crippen molar-refractivity contribution in [1.29, 1.82) is 0 Å². The summed E-state index contributed by atoms with van der Waals surface area (Å²) in [4.78, 5) is 12.8. The van der Waals surface area contributed by atoms with Gasteiger partial charge < -0.3 is 9.84 Å². The minimum absolute atomic E-state index is 0.0797. The Morgan fingerprint density at radius 2 is 2.37 bits per heavy atom. The lowest BCUT2D eigenvalue weighted by molar-refractivity contribution is -0.137. The highest BCUT2D eigenvalue weighted by atomic mass is 79.9. The van der Waals surface area contributed by atoms with Gasteiger partial charge in [-0.15, -0.1) is 0 Å². The Bertz CT molecular complexity index is 438. The Balaban J connectivity index is 1.88. The number of morpholine rings is 1. The summed E-state index contributed by atoms with van der Waals surface area (Å²) < 4.78 is 6.85. The molecule has 0 saturated carbocycles. The number of aliphatic carboxylic acids is 1. The molecule has 0 aliphatic carbocycles. The van der Waals surface area contributed by atoms with Crippen molar-refractivity contribution in [3.63, 3.8) is 0 Å². The van der Waals surface area contributed by atoms with Crippen molar-refractivity contribution in [3.8, 4) is 0 Å². The maximum absolute atomic E-state index is 10.5. The van der Waals surface area contributed by atoms with E-state index >= 15 is 0 Å². The lowest BCUT2D eigenvalue weighted by Gasteiger charge is -2.33. The van der Waals surface area contributed by atoms with Crippen LogP contribution in [-0.4, -0.2) is 42.2 Å². The fraction of sp³-hybridized carbons (Fsp3) is 0.500.